The van der Waals surface area contributed by atoms with Gasteiger partial charge in [-0.2, -0.15) is 4.98 Å². The largest absolute Gasteiger partial charge is 0.341 e. The molecule has 0 N–H and O–H groups in total. The van der Waals surface area contributed by atoms with Crippen molar-refractivity contribution in [3.05, 3.63) is 34.1 Å². The second kappa shape index (κ2) is 5.64. The summed E-state index contributed by atoms with van der Waals surface area (Å²) >= 11 is 1.80. The van der Waals surface area contributed by atoms with Gasteiger partial charge in [0.15, 0.2) is 5.82 Å². The molecule has 1 aliphatic carbocycles. The monoisotopic (exact) mass is 358 g/mol. The number of fused-ring (bicyclic) bond motifs is 1. The fourth-order valence-electron chi connectivity index (χ4n) is 4.47. The standard InChI is InChI=1S/C18H22N4O2S/c1-12-19-17(24-20-12)18-10-21(9-15-3-2-6-25-15)7-14(18)8-22(11-18)16(23)13-4-5-13/h2-3,6,13-14H,4-5,7-11H2,1H3/t14-,18-/m0/s1. The minimum absolute atomic E-state index is 0.205. The molecule has 6 nitrogen and oxygen atoms in total. The Balaban J connectivity index is 1.42. The number of nitrogens with zero attached hydrogens (tertiary/aromatic N) is 4. The highest BCUT2D eigenvalue weighted by molar-refractivity contribution is 7.09. The lowest BCUT2D eigenvalue weighted by Gasteiger charge is -2.26. The van der Waals surface area contributed by atoms with Crippen LogP contribution < -0.4 is 0 Å². The third kappa shape index (κ3) is 2.60. The molecular formula is C18H22N4O2S. The van der Waals surface area contributed by atoms with Crippen molar-refractivity contribution in [2.45, 2.75) is 31.7 Å². The van der Waals surface area contributed by atoms with Gasteiger partial charge in [0.05, 0.1) is 5.41 Å². The maximum Gasteiger partial charge on any atom is 0.236 e. The van der Waals surface area contributed by atoms with Crippen LogP contribution in [0.15, 0.2) is 22.0 Å². The first kappa shape index (κ1) is 15.5. The number of carbonyl (C=O) groups excluding carboxylic acids is 1. The number of hydrogen-bond acceptors (Lipinski definition) is 6. The molecule has 0 spiro atoms. The number of hydrogen-bond donors (Lipinski definition) is 0. The molecule has 3 fully saturated rings. The summed E-state index contributed by atoms with van der Waals surface area (Å²) in [5, 5.41) is 6.15. The topological polar surface area (TPSA) is 62.5 Å². The number of aromatic nitrogens is 2. The Morgan fingerprint density at radius 2 is 2.28 bits per heavy atom. The molecule has 25 heavy (non-hydrogen) atoms. The van der Waals surface area contributed by atoms with Crippen molar-refractivity contribution in [1.82, 2.24) is 19.9 Å². The van der Waals surface area contributed by atoms with Crippen LogP contribution in [0.2, 0.25) is 0 Å². The molecule has 0 radical (unpaired) electrons. The molecular weight excluding hydrogens is 336 g/mol. The van der Waals surface area contributed by atoms with E-state index in [1.807, 2.05) is 6.92 Å². The van der Waals surface area contributed by atoms with Crippen LogP contribution in [0.25, 0.3) is 0 Å². The quantitative estimate of drug-likeness (QED) is 0.837. The SMILES string of the molecule is Cc1noc([C@]23CN(Cc4cccs4)C[C@H]2CN(C(=O)C2CC2)C3)n1. The van der Waals surface area contributed by atoms with E-state index in [4.69, 9.17) is 4.52 Å². The van der Waals surface area contributed by atoms with Crippen molar-refractivity contribution < 1.29 is 9.32 Å². The first-order valence-corrected chi connectivity index (χ1v) is 9.86. The van der Waals surface area contributed by atoms with Crippen LogP contribution in [0.5, 0.6) is 0 Å². The molecule has 2 saturated heterocycles. The fraction of sp³-hybridized carbons (Fsp3) is 0.611. The van der Waals surface area contributed by atoms with E-state index >= 15 is 0 Å². The predicted molar refractivity (Wildman–Crippen MR) is 93.1 cm³/mol. The Labute approximate surface area is 150 Å². The Morgan fingerprint density at radius 1 is 1.40 bits per heavy atom. The van der Waals surface area contributed by atoms with Gasteiger partial charge in [-0.3, -0.25) is 9.69 Å². The summed E-state index contributed by atoms with van der Waals surface area (Å²) in [6, 6.07) is 4.29. The summed E-state index contributed by atoms with van der Waals surface area (Å²) in [5.74, 6) is 2.36. The highest BCUT2D eigenvalue weighted by atomic mass is 32.1. The van der Waals surface area contributed by atoms with Crippen molar-refractivity contribution in [1.29, 1.82) is 0 Å². The van der Waals surface area contributed by atoms with Gasteiger partial charge in [0, 0.05) is 49.4 Å². The van der Waals surface area contributed by atoms with Crippen LogP contribution in [0.4, 0.5) is 0 Å². The third-order valence-electron chi connectivity index (χ3n) is 5.83. The molecule has 5 rings (SSSR count). The molecule has 132 valence electrons. The smallest absolute Gasteiger partial charge is 0.236 e. The third-order valence-corrected chi connectivity index (χ3v) is 6.69. The average molecular weight is 358 g/mol. The molecule has 0 aromatic carbocycles. The van der Waals surface area contributed by atoms with Crippen LogP contribution in [0.3, 0.4) is 0 Å². The number of aryl methyl sites for hydroxylation is 1. The van der Waals surface area contributed by atoms with Crippen molar-refractivity contribution in [2.24, 2.45) is 11.8 Å². The number of amides is 1. The summed E-state index contributed by atoms with van der Waals surface area (Å²) in [6.45, 7) is 6.21. The van der Waals surface area contributed by atoms with Gasteiger partial charge < -0.3 is 9.42 Å². The second-order valence-corrected chi connectivity index (χ2v) is 8.77. The summed E-state index contributed by atoms with van der Waals surface area (Å²) in [4.78, 5) is 23.1. The number of rotatable bonds is 4. The van der Waals surface area contributed by atoms with E-state index in [0.29, 0.717) is 17.6 Å². The molecule has 0 bridgehead atoms. The number of carbonyl (C=O) groups is 1. The summed E-state index contributed by atoms with van der Waals surface area (Å²) in [6.07, 6.45) is 2.11. The van der Waals surface area contributed by atoms with E-state index in [-0.39, 0.29) is 11.3 Å². The fourth-order valence-corrected chi connectivity index (χ4v) is 5.22. The molecule has 2 atom stereocenters. The molecule has 2 aromatic heterocycles. The van der Waals surface area contributed by atoms with Gasteiger partial charge in [-0.05, 0) is 31.2 Å². The molecule has 2 aromatic rings. The lowest BCUT2D eigenvalue weighted by molar-refractivity contribution is -0.132. The second-order valence-electron chi connectivity index (χ2n) is 7.74. The molecule has 7 heteroatoms. The van der Waals surface area contributed by atoms with E-state index in [1.165, 1.54) is 4.88 Å². The van der Waals surface area contributed by atoms with Crippen molar-refractivity contribution in [3.8, 4) is 0 Å². The normalized spacial score (nSPS) is 29.3. The van der Waals surface area contributed by atoms with E-state index in [0.717, 1.165) is 51.5 Å². The van der Waals surface area contributed by atoms with E-state index in [2.05, 4.69) is 37.5 Å². The van der Waals surface area contributed by atoms with Crippen molar-refractivity contribution in [3.63, 3.8) is 0 Å². The van der Waals surface area contributed by atoms with Crippen LogP contribution >= 0.6 is 11.3 Å². The van der Waals surface area contributed by atoms with Gasteiger partial charge in [-0.1, -0.05) is 11.2 Å². The lowest BCUT2D eigenvalue weighted by atomic mass is 9.81. The first-order chi connectivity index (χ1) is 12.1. The molecule has 1 saturated carbocycles. The summed E-state index contributed by atoms with van der Waals surface area (Å²) in [5.41, 5.74) is -0.205. The van der Waals surface area contributed by atoms with Crippen LogP contribution in [0.1, 0.15) is 29.4 Å². The van der Waals surface area contributed by atoms with E-state index in [9.17, 15) is 4.79 Å². The van der Waals surface area contributed by atoms with E-state index < -0.39 is 0 Å². The summed E-state index contributed by atoms with van der Waals surface area (Å²) < 4.78 is 5.62. The maximum absolute atomic E-state index is 12.6. The minimum atomic E-state index is -0.205. The van der Waals surface area contributed by atoms with Gasteiger partial charge >= 0.3 is 0 Å². The molecule has 2 aliphatic heterocycles. The van der Waals surface area contributed by atoms with Gasteiger partial charge in [0.25, 0.3) is 0 Å². The zero-order valence-corrected chi connectivity index (χ0v) is 15.2. The van der Waals surface area contributed by atoms with Crippen molar-refractivity contribution in [2.75, 3.05) is 26.2 Å². The van der Waals surface area contributed by atoms with E-state index in [1.54, 1.807) is 11.3 Å². The maximum atomic E-state index is 12.6. The first-order valence-electron chi connectivity index (χ1n) is 8.98. The molecule has 3 aliphatic rings. The van der Waals surface area contributed by atoms with Gasteiger partial charge in [0.2, 0.25) is 11.8 Å². The highest BCUT2D eigenvalue weighted by Crippen LogP contribution is 2.46. The van der Waals surface area contributed by atoms with Gasteiger partial charge in [0.1, 0.15) is 0 Å². The van der Waals surface area contributed by atoms with Crippen LogP contribution in [0, 0.1) is 18.8 Å². The van der Waals surface area contributed by atoms with Crippen LogP contribution in [-0.2, 0) is 16.8 Å². The molecule has 1 amide bonds. The average Bonchev–Trinajstić information content (AvgIpc) is 2.92. The van der Waals surface area contributed by atoms with Crippen LogP contribution in [-0.4, -0.2) is 52.0 Å². The molecule has 0 unspecified atom stereocenters. The minimum Gasteiger partial charge on any atom is -0.341 e. The number of thiophene rings is 1. The Kier molecular flexibility index (Phi) is 3.50. The highest BCUT2D eigenvalue weighted by Gasteiger charge is 2.58. The lowest BCUT2D eigenvalue weighted by Crippen LogP contribution is -2.40. The predicted octanol–water partition coefficient (Wildman–Crippen LogP) is 2.06. The van der Waals surface area contributed by atoms with Crippen molar-refractivity contribution >= 4 is 17.2 Å². The Bertz CT molecular complexity index is 785. The zero-order valence-electron chi connectivity index (χ0n) is 14.4. The van der Waals surface area contributed by atoms with Gasteiger partial charge in [-0.15, -0.1) is 11.3 Å². The zero-order chi connectivity index (χ0) is 17.0. The van der Waals surface area contributed by atoms with Gasteiger partial charge in [-0.25, -0.2) is 0 Å². The summed E-state index contributed by atoms with van der Waals surface area (Å²) in [7, 11) is 0. The molecule has 4 heterocycles. The Hall–Kier alpha value is -1.73. The number of likely N-dealkylation sites (tertiary alicyclic amines) is 2. The Morgan fingerprint density at radius 3 is 2.96 bits per heavy atom.